The van der Waals surface area contributed by atoms with E-state index in [0.29, 0.717) is 5.92 Å². The van der Waals surface area contributed by atoms with Gasteiger partial charge in [0.2, 0.25) is 0 Å². The molecule has 4 nitrogen and oxygen atoms in total. The molecule has 2 rings (SSSR count). The van der Waals surface area contributed by atoms with Crippen LogP contribution in [0, 0.1) is 5.92 Å². The van der Waals surface area contributed by atoms with Gasteiger partial charge in [0.1, 0.15) is 0 Å². The Hall–Kier alpha value is -1.07. The van der Waals surface area contributed by atoms with Crippen LogP contribution in [0.2, 0.25) is 0 Å². The van der Waals surface area contributed by atoms with Gasteiger partial charge in [-0.3, -0.25) is 0 Å². The standard InChI is InChI=1S/C12H19N3OS/c1-15-5-2-3-10(8-15)7-13-12(16)14-11-4-6-17-9-11/h4,6,9-10H,2-3,5,7-8H2,1H3,(H2,13,14,16). The normalized spacial score (nSPS) is 21.1. The summed E-state index contributed by atoms with van der Waals surface area (Å²) in [6, 6.07) is 1.80. The lowest BCUT2D eigenvalue weighted by molar-refractivity contribution is 0.204. The van der Waals surface area contributed by atoms with Crippen LogP contribution in [0.25, 0.3) is 0 Å². The zero-order valence-corrected chi connectivity index (χ0v) is 10.9. The number of rotatable bonds is 3. The highest BCUT2D eigenvalue weighted by Gasteiger charge is 2.17. The van der Waals surface area contributed by atoms with Crippen LogP contribution >= 0.6 is 11.3 Å². The van der Waals surface area contributed by atoms with Gasteiger partial charge in [-0.2, -0.15) is 11.3 Å². The van der Waals surface area contributed by atoms with Gasteiger partial charge in [-0.1, -0.05) is 0 Å². The highest BCUT2D eigenvalue weighted by atomic mass is 32.1. The first kappa shape index (κ1) is 12.4. The van der Waals surface area contributed by atoms with Crippen molar-refractivity contribution in [2.75, 3.05) is 32.0 Å². The van der Waals surface area contributed by atoms with Gasteiger partial charge in [-0.05, 0) is 43.8 Å². The molecule has 2 heterocycles. The molecule has 17 heavy (non-hydrogen) atoms. The molecule has 94 valence electrons. The summed E-state index contributed by atoms with van der Waals surface area (Å²) in [5, 5.41) is 9.63. The third-order valence-corrected chi connectivity index (χ3v) is 3.74. The molecule has 1 aliphatic rings. The fourth-order valence-electron chi connectivity index (χ4n) is 2.19. The second-order valence-corrected chi connectivity index (χ2v) is 5.40. The van der Waals surface area contributed by atoms with Gasteiger partial charge in [0.25, 0.3) is 0 Å². The van der Waals surface area contributed by atoms with E-state index in [1.807, 2.05) is 16.8 Å². The van der Waals surface area contributed by atoms with E-state index in [1.165, 1.54) is 19.4 Å². The lowest BCUT2D eigenvalue weighted by Gasteiger charge is -2.29. The fourth-order valence-corrected chi connectivity index (χ4v) is 2.78. The average molecular weight is 253 g/mol. The number of carbonyl (C=O) groups excluding carboxylic acids is 1. The van der Waals surface area contributed by atoms with Crippen molar-refractivity contribution in [2.24, 2.45) is 5.92 Å². The first-order chi connectivity index (χ1) is 8.24. The molecule has 1 aromatic rings. The van der Waals surface area contributed by atoms with Crippen molar-refractivity contribution in [1.82, 2.24) is 10.2 Å². The number of thiophene rings is 1. The molecule has 1 unspecified atom stereocenters. The van der Waals surface area contributed by atoms with E-state index in [9.17, 15) is 4.79 Å². The molecule has 0 saturated carbocycles. The zero-order chi connectivity index (χ0) is 12.1. The van der Waals surface area contributed by atoms with Crippen LogP contribution in [0.5, 0.6) is 0 Å². The number of anilines is 1. The Balaban J connectivity index is 1.69. The Bertz CT molecular complexity index is 353. The summed E-state index contributed by atoms with van der Waals surface area (Å²) in [5.41, 5.74) is 0.869. The molecule has 0 bridgehead atoms. The number of carbonyl (C=O) groups is 1. The largest absolute Gasteiger partial charge is 0.338 e. The third-order valence-electron chi connectivity index (χ3n) is 3.05. The van der Waals surface area contributed by atoms with Gasteiger partial charge >= 0.3 is 6.03 Å². The quantitative estimate of drug-likeness (QED) is 0.867. The maximum atomic E-state index is 11.6. The predicted octanol–water partition coefficient (Wildman–Crippen LogP) is 2.21. The van der Waals surface area contributed by atoms with E-state index in [-0.39, 0.29) is 6.03 Å². The van der Waals surface area contributed by atoms with Crippen molar-refractivity contribution >= 4 is 23.1 Å². The molecule has 1 fully saturated rings. The van der Waals surface area contributed by atoms with Crippen LogP contribution in [0.3, 0.4) is 0 Å². The Labute approximate surface area is 106 Å². The molecule has 1 aromatic heterocycles. The lowest BCUT2D eigenvalue weighted by Crippen LogP contribution is -2.40. The first-order valence-corrected chi connectivity index (χ1v) is 6.94. The number of urea groups is 1. The summed E-state index contributed by atoms with van der Waals surface area (Å²) in [6.07, 6.45) is 2.44. The molecule has 1 saturated heterocycles. The van der Waals surface area contributed by atoms with Crippen molar-refractivity contribution < 1.29 is 4.79 Å². The summed E-state index contributed by atoms with van der Waals surface area (Å²) in [6.45, 7) is 3.02. The summed E-state index contributed by atoms with van der Waals surface area (Å²) in [5.74, 6) is 0.585. The average Bonchev–Trinajstić information content (AvgIpc) is 2.79. The number of piperidine rings is 1. The molecule has 0 aromatic carbocycles. The molecule has 1 aliphatic heterocycles. The minimum absolute atomic E-state index is 0.100. The van der Waals surface area contributed by atoms with Crippen LogP contribution in [0.4, 0.5) is 10.5 Å². The Morgan fingerprint density at radius 3 is 3.24 bits per heavy atom. The second kappa shape index (κ2) is 6.02. The molecular weight excluding hydrogens is 234 g/mol. The minimum atomic E-state index is -0.100. The number of likely N-dealkylation sites (tertiary alicyclic amines) is 1. The zero-order valence-electron chi connectivity index (χ0n) is 10.1. The SMILES string of the molecule is CN1CCCC(CNC(=O)Nc2ccsc2)C1. The van der Waals surface area contributed by atoms with Crippen molar-refractivity contribution in [3.05, 3.63) is 16.8 Å². The van der Waals surface area contributed by atoms with E-state index >= 15 is 0 Å². The van der Waals surface area contributed by atoms with Crippen LogP contribution in [0.15, 0.2) is 16.8 Å². The van der Waals surface area contributed by atoms with Crippen molar-refractivity contribution in [1.29, 1.82) is 0 Å². The van der Waals surface area contributed by atoms with Gasteiger partial charge in [-0.15, -0.1) is 0 Å². The molecule has 2 amide bonds. The Morgan fingerprint density at radius 1 is 1.65 bits per heavy atom. The number of amides is 2. The smallest absolute Gasteiger partial charge is 0.319 e. The van der Waals surface area contributed by atoms with Gasteiger partial charge in [0.05, 0.1) is 5.69 Å². The van der Waals surface area contributed by atoms with E-state index in [4.69, 9.17) is 0 Å². The monoisotopic (exact) mass is 253 g/mol. The third kappa shape index (κ3) is 4.02. The van der Waals surface area contributed by atoms with Crippen LogP contribution in [0.1, 0.15) is 12.8 Å². The van der Waals surface area contributed by atoms with E-state index in [2.05, 4.69) is 22.6 Å². The number of nitrogens with zero attached hydrogens (tertiary/aromatic N) is 1. The second-order valence-electron chi connectivity index (χ2n) is 4.62. The Morgan fingerprint density at radius 2 is 2.53 bits per heavy atom. The fraction of sp³-hybridized carbons (Fsp3) is 0.583. The molecule has 2 N–H and O–H groups in total. The highest BCUT2D eigenvalue weighted by molar-refractivity contribution is 7.08. The maximum Gasteiger partial charge on any atom is 0.319 e. The van der Waals surface area contributed by atoms with E-state index in [1.54, 1.807) is 11.3 Å². The van der Waals surface area contributed by atoms with Crippen LogP contribution < -0.4 is 10.6 Å². The van der Waals surface area contributed by atoms with E-state index < -0.39 is 0 Å². The Kier molecular flexibility index (Phi) is 4.39. The van der Waals surface area contributed by atoms with Crippen molar-refractivity contribution in [3.63, 3.8) is 0 Å². The molecule has 0 radical (unpaired) electrons. The van der Waals surface area contributed by atoms with Crippen molar-refractivity contribution in [2.45, 2.75) is 12.8 Å². The minimum Gasteiger partial charge on any atom is -0.338 e. The molecular formula is C12H19N3OS. The summed E-state index contributed by atoms with van der Waals surface area (Å²) < 4.78 is 0. The van der Waals surface area contributed by atoms with E-state index in [0.717, 1.165) is 18.8 Å². The summed E-state index contributed by atoms with van der Waals surface area (Å²) in [7, 11) is 2.14. The van der Waals surface area contributed by atoms with Crippen LogP contribution in [-0.4, -0.2) is 37.6 Å². The predicted molar refractivity (Wildman–Crippen MR) is 71.6 cm³/mol. The molecule has 0 spiro atoms. The van der Waals surface area contributed by atoms with Gasteiger partial charge < -0.3 is 15.5 Å². The van der Waals surface area contributed by atoms with Gasteiger partial charge in [-0.25, -0.2) is 4.79 Å². The molecule has 1 atom stereocenters. The molecule has 5 heteroatoms. The first-order valence-electron chi connectivity index (χ1n) is 5.99. The highest BCUT2D eigenvalue weighted by Crippen LogP contribution is 2.14. The van der Waals surface area contributed by atoms with Gasteiger partial charge in [0, 0.05) is 18.5 Å². The topological polar surface area (TPSA) is 44.4 Å². The lowest BCUT2D eigenvalue weighted by atomic mass is 9.99. The number of hydrogen-bond donors (Lipinski definition) is 2. The number of nitrogens with one attached hydrogen (secondary N) is 2. The molecule has 0 aliphatic carbocycles. The van der Waals surface area contributed by atoms with Crippen LogP contribution in [-0.2, 0) is 0 Å². The maximum absolute atomic E-state index is 11.6. The van der Waals surface area contributed by atoms with Crippen molar-refractivity contribution in [3.8, 4) is 0 Å². The summed E-state index contributed by atoms with van der Waals surface area (Å²) in [4.78, 5) is 13.9. The van der Waals surface area contributed by atoms with Gasteiger partial charge in [0.15, 0.2) is 0 Å². The summed E-state index contributed by atoms with van der Waals surface area (Å²) >= 11 is 1.58. The number of hydrogen-bond acceptors (Lipinski definition) is 3.